The predicted octanol–water partition coefficient (Wildman–Crippen LogP) is 0.538. The first-order chi connectivity index (χ1) is 8.75. The summed E-state index contributed by atoms with van der Waals surface area (Å²) in [6.45, 7) is 3.13. The summed E-state index contributed by atoms with van der Waals surface area (Å²) in [4.78, 5) is 11.2. The molecule has 5 nitrogen and oxygen atoms in total. The Hall–Kier alpha value is -1.43. The number of carbonyl (C=O) groups is 1. The number of methoxy groups -OCH3 is 1. The molecule has 0 spiro atoms. The van der Waals surface area contributed by atoms with Crippen molar-refractivity contribution in [3.63, 3.8) is 0 Å². The van der Waals surface area contributed by atoms with Gasteiger partial charge >= 0.3 is 0 Å². The molecule has 0 saturated carbocycles. The van der Waals surface area contributed by atoms with Crippen molar-refractivity contribution >= 4 is 5.91 Å². The maximum atomic E-state index is 11.2. The van der Waals surface area contributed by atoms with Crippen molar-refractivity contribution in [2.24, 2.45) is 5.73 Å². The van der Waals surface area contributed by atoms with E-state index in [-0.39, 0.29) is 0 Å². The fraction of sp³-hybridized carbons (Fsp3) is 0.462. The standard InChI is InChI=1S/C13H20N2O3/c1-17-8-9-18-7-6-15-10-11-4-2-3-5-12(11)13(14)16/h2-5,15H,6-10H2,1H3,(H2,14,16). The lowest BCUT2D eigenvalue weighted by atomic mass is 10.1. The molecule has 0 aliphatic rings. The third kappa shape index (κ3) is 5.27. The molecule has 1 rings (SSSR count). The third-order valence-corrected chi connectivity index (χ3v) is 2.45. The van der Waals surface area contributed by atoms with E-state index in [0.29, 0.717) is 31.9 Å². The molecule has 1 aromatic rings. The molecule has 0 unspecified atom stereocenters. The fourth-order valence-electron chi connectivity index (χ4n) is 1.53. The van der Waals surface area contributed by atoms with E-state index in [0.717, 1.165) is 12.1 Å². The molecule has 0 bridgehead atoms. The fourth-order valence-corrected chi connectivity index (χ4v) is 1.53. The number of amides is 1. The Morgan fingerprint density at radius 3 is 2.78 bits per heavy atom. The Kier molecular flexibility index (Phi) is 7.01. The zero-order valence-electron chi connectivity index (χ0n) is 10.6. The van der Waals surface area contributed by atoms with Crippen molar-refractivity contribution in [3.05, 3.63) is 35.4 Å². The maximum Gasteiger partial charge on any atom is 0.249 e. The SMILES string of the molecule is COCCOCCNCc1ccccc1C(N)=O. The van der Waals surface area contributed by atoms with E-state index in [4.69, 9.17) is 15.2 Å². The quantitative estimate of drug-likeness (QED) is 0.629. The molecule has 3 N–H and O–H groups in total. The molecular weight excluding hydrogens is 232 g/mol. The van der Waals surface area contributed by atoms with E-state index in [1.807, 2.05) is 12.1 Å². The topological polar surface area (TPSA) is 73.6 Å². The van der Waals surface area contributed by atoms with Crippen LogP contribution in [0.1, 0.15) is 15.9 Å². The summed E-state index contributed by atoms with van der Waals surface area (Å²) in [5.41, 5.74) is 6.76. The maximum absolute atomic E-state index is 11.2. The highest BCUT2D eigenvalue weighted by molar-refractivity contribution is 5.94. The zero-order chi connectivity index (χ0) is 13.2. The number of ether oxygens (including phenoxy) is 2. The van der Waals surface area contributed by atoms with Crippen LogP contribution in [0.2, 0.25) is 0 Å². The Balaban J connectivity index is 2.25. The van der Waals surface area contributed by atoms with Gasteiger partial charge < -0.3 is 20.5 Å². The van der Waals surface area contributed by atoms with E-state index < -0.39 is 5.91 Å². The summed E-state index contributed by atoms with van der Waals surface area (Å²) in [5, 5.41) is 3.20. The van der Waals surface area contributed by atoms with E-state index in [1.54, 1.807) is 19.2 Å². The molecule has 0 aliphatic heterocycles. The lowest BCUT2D eigenvalue weighted by molar-refractivity contribution is 0.0719. The van der Waals surface area contributed by atoms with Gasteiger partial charge in [-0.05, 0) is 11.6 Å². The summed E-state index contributed by atoms with van der Waals surface area (Å²) in [6, 6.07) is 7.31. The Morgan fingerprint density at radius 1 is 1.28 bits per heavy atom. The van der Waals surface area contributed by atoms with Crippen molar-refractivity contribution in [2.45, 2.75) is 6.54 Å². The second-order valence-corrected chi connectivity index (χ2v) is 3.80. The molecule has 0 saturated heterocycles. The molecule has 0 heterocycles. The molecule has 18 heavy (non-hydrogen) atoms. The summed E-state index contributed by atoms with van der Waals surface area (Å²) in [6.07, 6.45) is 0. The van der Waals surface area contributed by atoms with Crippen molar-refractivity contribution in [1.29, 1.82) is 0 Å². The highest BCUT2D eigenvalue weighted by Crippen LogP contribution is 2.07. The van der Waals surface area contributed by atoms with Crippen LogP contribution in [-0.2, 0) is 16.0 Å². The van der Waals surface area contributed by atoms with E-state index >= 15 is 0 Å². The van der Waals surface area contributed by atoms with Crippen molar-refractivity contribution < 1.29 is 14.3 Å². The third-order valence-electron chi connectivity index (χ3n) is 2.45. The normalized spacial score (nSPS) is 10.5. The number of benzene rings is 1. The molecular formula is C13H20N2O3. The predicted molar refractivity (Wildman–Crippen MR) is 69.4 cm³/mol. The first-order valence-corrected chi connectivity index (χ1v) is 5.91. The van der Waals surface area contributed by atoms with Crippen LogP contribution >= 0.6 is 0 Å². The molecule has 0 atom stereocenters. The first-order valence-electron chi connectivity index (χ1n) is 5.91. The number of nitrogens with one attached hydrogen (secondary N) is 1. The molecule has 1 aromatic carbocycles. The van der Waals surface area contributed by atoms with Gasteiger partial charge in [0.15, 0.2) is 0 Å². The summed E-state index contributed by atoms with van der Waals surface area (Å²) in [5.74, 6) is -0.399. The Labute approximate surface area is 107 Å². The van der Waals surface area contributed by atoms with E-state index in [9.17, 15) is 4.79 Å². The second kappa shape index (κ2) is 8.63. The molecule has 0 aliphatic carbocycles. The average molecular weight is 252 g/mol. The second-order valence-electron chi connectivity index (χ2n) is 3.80. The van der Waals surface area contributed by atoms with Gasteiger partial charge in [-0.1, -0.05) is 18.2 Å². The minimum atomic E-state index is -0.399. The number of nitrogens with two attached hydrogens (primary N) is 1. The van der Waals surface area contributed by atoms with Gasteiger partial charge in [0.25, 0.3) is 0 Å². The van der Waals surface area contributed by atoms with Gasteiger partial charge in [-0.25, -0.2) is 0 Å². The first kappa shape index (κ1) is 14.6. The van der Waals surface area contributed by atoms with Gasteiger partial charge in [0.1, 0.15) is 0 Å². The van der Waals surface area contributed by atoms with Gasteiger partial charge in [-0.15, -0.1) is 0 Å². The van der Waals surface area contributed by atoms with Gasteiger partial charge in [0.2, 0.25) is 5.91 Å². The van der Waals surface area contributed by atoms with Gasteiger partial charge in [-0.3, -0.25) is 4.79 Å². The molecule has 0 aromatic heterocycles. The van der Waals surface area contributed by atoms with Crippen molar-refractivity contribution in [2.75, 3.05) is 33.5 Å². The molecule has 1 amide bonds. The lowest BCUT2D eigenvalue weighted by Crippen LogP contribution is -2.22. The molecule has 5 heteroatoms. The number of hydrogen-bond acceptors (Lipinski definition) is 4. The minimum Gasteiger partial charge on any atom is -0.382 e. The van der Waals surface area contributed by atoms with E-state index in [2.05, 4.69) is 5.32 Å². The van der Waals surface area contributed by atoms with Crippen LogP contribution in [0.5, 0.6) is 0 Å². The summed E-state index contributed by atoms with van der Waals surface area (Å²) >= 11 is 0. The van der Waals surface area contributed by atoms with Crippen LogP contribution in [0, 0.1) is 0 Å². The summed E-state index contributed by atoms with van der Waals surface area (Å²) in [7, 11) is 1.64. The van der Waals surface area contributed by atoms with Gasteiger partial charge in [0.05, 0.1) is 19.8 Å². The summed E-state index contributed by atoms with van der Waals surface area (Å²) < 4.78 is 10.2. The van der Waals surface area contributed by atoms with Crippen LogP contribution in [0.25, 0.3) is 0 Å². The van der Waals surface area contributed by atoms with Crippen LogP contribution < -0.4 is 11.1 Å². The average Bonchev–Trinajstić information content (AvgIpc) is 2.38. The van der Waals surface area contributed by atoms with Gasteiger partial charge in [-0.2, -0.15) is 0 Å². The van der Waals surface area contributed by atoms with Crippen molar-refractivity contribution in [1.82, 2.24) is 5.32 Å². The number of rotatable bonds is 9. The van der Waals surface area contributed by atoms with E-state index in [1.165, 1.54) is 0 Å². The lowest BCUT2D eigenvalue weighted by Gasteiger charge is -2.08. The number of primary amides is 1. The van der Waals surface area contributed by atoms with Crippen LogP contribution in [0.4, 0.5) is 0 Å². The van der Waals surface area contributed by atoms with Gasteiger partial charge in [0, 0.05) is 25.8 Å². The minimum absolute atomic E-state index is 0.399. The Morgan fingerprint density at radius 2 is 2.06 bits per heavy atom. The molecule has 0 radical (unpaired) electrons. The number of carbonyl (C=O) groups excluding carboxylic acids is 1. The largest absolute Gasteiger partial charge is 0.382 e. The van der Waals surface area contributed by atoms with Crippen molar-refractivity contribution in [3.8, 4) is 0 Å². The molecule has 0 fully saturated rings. The van der Waals surface area contributed by atoms with Crippen LogP contribution in [-0.4, -0.2) is 39.4 Å². The highest BCUT2D eigenvalue weighted by atomic mass is 16.5. The monoisotopic (exact) mass is 252 g/mol. The molecule has 100 valence electrons. The number of hydrogen-bond donors (Lipinski definition) is 2. The smallest absolute Gasteiger partial charge is 0.249 e. The van der Waals surface area contributed by atoms with Crippen LogP contribution in [0.15, 0.2) is 24.3 Å². The highest BCUT2D eigenvalue weighted by Gasteiger charge is 2.05. The Bertz CT molecular complexity index is 369. The zero-order valence-corrected chi connectivity index (χ0v) is 10.6. The van der Waals surface area contributed by atoms with Crippen LogP contribution in [0.3, 0.4) is 0 Å².